The largest absolute Gasteiger partial charge is 0.467 e. The van der Waals surface area contributed by atoms with Crippen molar-refractivity contribution in [2.75, 3.05) is 27.2 Å². The van der Waals surface area contributed by atoms with Gasteiger partial charge in [-0.15, -0.1) is 0 Å². The first-order chi connectivity index (χ1) is 16.7. The highest BCUT2D eigenvalue weighted by atomic mass is 16.5. The Balaban J connectivity index is 2.18. The molecule has 0 aromatic heterocycles. The average Bonchev–Trinajstić information content (AvgIpc) is 2.83. The molecule has 1 aliphatic heterocycles. The van der Waals surface area contributed by atoms with Crippen LogP contribution in [0.1, 0.15) is 34.7 Å². The Morgan fingerprint density at radius 2 is 1.74 bits per heavy atom. The van der Waals surface area contributed by atoms with Crippen LogP contribution >= 0.6 is 0 Å². The van der Waals surface area contributed by atoms with Gasteiger partial charge in [0, 0.05) is 26.4 Å². The Morgan fingerprint density at radius 3 is 2.40 bits per heavy atom. The molecule has 1 aliphatic rings. The maximum atomic E-state index is 13.3. The predicted molar refractivity (Wildman–Crippen MR) is 131 cm³/mol. The molecular formula is C26H32N4O5. The second-order valence-corrected chi connectivity index (χ2v) is 8.73. The molecule has 0 saturated heterocycles. The van der Waals surface area contributed by atoms with Crippen LogP contribution in [-0.2, 0) is 30.3 Å². The topological polar surface area (TPSA) is 131 Å². The summed E-state index contributed by atoms with van der Waals surface area (Å²) in [6.07, 6.45) is 0.318. The van der Waals surface area contributed by atoms with E-state index in [1.54, 1.807) is 7.05 Å². The number of rotatable bonds is 4. The van der Waals surface area contributed by atoms with Crippen molar-refractivity contribution in [2.45, 2.75) is 38.8 Å². The number of nitrogens with one attached hydrogen (secondary N) is 2. The molecular weight excluding hydrogens is 448 g/mol. The lowest BCUT2D eigenvalue weighted by Gasteiger charge is -2.29. The summed E-state index contributed by atoms with van der Waals surface area (Å²) in [6, 6.07) is 9.59. The first-order valence-corrected chi connectivity index (χ1v) is 11.5. The molecule has 0 radical (unpaired) electrons. The standard InChI is InChI=1S/C26H32N4O5/c1-15-5-7-17-11-19(15)20-13-18(8-6-16(20)2)24(30(3)23(32)9-10-27)25(33)28-14-22(31)29-21(12-17)26(34)35-4/h5-8,11,13,21,24H,9-10,12,14,27H2,1-4H3,(H,28,33)(H,29,31). The van der Waals surface area contributed by atoms with Crippen molar-refractivity contribution in [2.24, 2.45) is 5.73 Å². The highest BCUT2D eigenvalue weighted by Gasteiger charge is 2.30. The van der Waals surface area contributed by atoms with E-state index in [-0.39, 0.29) is 31.8 Å². The van der Waals surface area contributed by atoms with Crippen LogP contribution in [-0.4, -0.2) is 61.9 Å². The molecule has 9 heteroatoms. The molecule has 3 amide bonds. The van der Waals surface area contributed by atoms with Crippen LogP contribution in [0, 0.1) is 13.8 Å². The molecule has 4 N–H and O–H groups in total. The first kappa shape index (κ1) is 25.9. The van der Waals surface area contributed by atoms with E-state index < -0.39 is 29.9 Å². The van der Waals surface area contributed by atoms with Gasteiger partial charge in [-0.25, -0.2) is 4.79 Å². The van der Waals surface area contributed by atoms with E-state index in [1.807, 2.05) is 50.2 Å². The lowest BCUT2D eigenvalue weighted by Crippen LogP contribution is -2.49. The van der Waals surface area contributed by atoms with Gasteiger partial charge in [-0.1, -0.05) is 30.3 Å². The third kappa shape index (κ3) is 5.86. The van der Waals surface area contributed by atoms with Crippen molar-refractivity contribution >= 4 is 23.7 Å². The zero-order chi connectivity index (χ0) is 25.7. The number of carbonyl (C=O) groups is 4. The summed E-state index contributed by atoms with van der Waals surface area (Å²) in [6.45, 7) is 3.75. The summed E-state index contributed by atoms with van der Waals surface area (Å²) in [5.74, 6) is -1.93. The van der Waals surface area contributed by atoms with Gasteiger partial charge in [-0.3, -0.25) is 14.4 Å². The summed E-state index contributed by atoms with van der Waals surface area (Å²) < 4.78 is 4.88. The van der Waals surface area contributed by atoms with Crippen molar-refractivity contribution in [1.82, 2.24) is 15.5 Å². The van der Waals surface area contributed by atoms with Gasteiger partial charge in [-0.05, 0) is 53.3 Å². The van der Waals surface area contributed by atoms with E-state index >= 15 is 0 Å². The molecule has 0 saturated carbocycles. The number of likely N-dealkylation sites (N-methyl/N-ethyl adjacent to an activating group) is 1. The molecule has 2 aromatic rings. The van der Waals surface area contributed by atoms with Crippen LogP contribution in [0.4, 0.5) is 0 Å². The highest BCUT2D eigenvalue weighted by Crippen LogP contribution is 2.32. The predicted octanol–water partition coefficient (Wildman–Crippen LogP) is 1.15. The van der Waals surface area contributed by atoms with E-state index in [0.29, 0.717) is 5.56 Å². The number of hydrogen-bond acceptors (Lipinski definition) is 6. The number of hydrogen-bond donors (Lipinski definition) is 3. The molecule has 3 rings (SSSR count). The zero-order valence-electron chi connectivity index (χ0n) is 20.5. The molecule has 0 fully saturated rings. The Labute approximate surface area is 205 Å². The molecule has 1 heterocycles. The number of ether oxygens (including phenoxy) is 1. The number of benzene rings is 2. The number of esters is 1. The number of nitrogens with zero attached hydrogens (tertiary/aromatic N) is 1. The van der Waals surface area contributed by atoms with Crippen LogP contribution in [0.2, 0.25) is 0 Å². The van der Waals surface area contributed by atoms with Gasteiger partial charge in [0.25, 0.3) is 0 Å². The SMILES string of the molecule is COC(=O)C1Cc2ccc(C)c(c2)-c2cc(ccc2C)C(N(C)C(=O)CCN)C(=O)NCC(=O)N1. The lowest BCUT2D eigenvalue weighted by atomic mass is 9.90. The molecule has 35 heavy (non-hydrogen) atoms. The molecule has 0 spiro atoms. The van der Waals surface area contributed by atoms with Gasteiger partial charge in [0.15, 0.2) is 0 Å². The van der Waals surface area contributed by atoms with Gasteiger partial charge in [-0.2, -0.15) is 0 Å². The fourth-order valence-electron chi connectivity index (χ4n) is 4.26. The second kappa shape index (κ2) is 11.1. The normalized spacial score (nSPS) is 18.1. The minimum atomic E-state index is -0.968. The maximum Gasteiger partial charge on any atom is 0.328 e. The lowest BCUT2D eigenvalue weighted by molar-refractivity contribution is -0.145. The Kier molecular flexibility index (Phi) is 8.24. The molecule has 0 aliphatic carbocycles. The second-order valence-electron chi connectivity index (χ2n) is 8.73. The smallest absolute Gasteiger partial charge is 0.328 e. The van der Waals surface area contributed by atoms with E-state index in [0.717, 1.165) is 27.8 Å². The number of carbonyl (C=O) groups excluding carboxylic acids is 4. The zero-order valence-corrected chi connectivity index (χ0v) is 20.5. The molecule has 2 atom stereocenters. The van der Waals surface area contributed by atoms with Gasteiger partial charge in [0.05, 0.1) is 13.7 Å². The maximum absolute atomic E-state index is 13.3. The first-order valence-electron chi connectivity index (χ1n) is 11.5. The van der Waals surface area contributed by atoms with E-state index in [2.05, 4.69) is 10.6 Å². The average molecular weight is 481 g/mol. The third-order valence-electron chi connectivity index (χ3n) is 6.24. The number of nitrogens with two attached hydrogens (primary N) is 1. The van der Waals surface area contributed by atoms with Crippen LogP contribution < -0.4 is 16.4 Å². The third-order valence-corrected chi connectivity index (χ3v) is 6.24. The minimum absolute atomic E-state index is 0.0848. The van der Waals surface area contributed by atoms with E-state index in [1.165, 1.54) is 12.0 Å². The van der Waals surface area contributed by atoms with Crippen molar-refractivity contribution in [3.63, 3.8) is 0 Å². The minimum Gasteiger partial charge on any atom is -0.467 e. The van der Waals surface area contributed by atoms with Crippen molar-refractivity contribution < 1.29 is 23.9 Å². The monoisotopic (exact) mass is 480 g/mol. The molecule has 2 aromatic carbocycles. The number of aryl methyl sites for hydroxylation is 2. The number of methoxy groups -OCH3 is 1. The highest BCUT2D eigenvalue weighted by molar-refractivity contribution is 5.93. The van der Waals surface area contributed by atoms with Gasteiger partial charge < -0.3 is 26.0 Å². The van der Waals surface area contributed by atoms with Crippen LogP contribution in [0.15, 0.2) is 36.4 Å². The summed E-state index contributed by atoms with van der Waals surface area (Å²) in [5, 5.41) is 5.25. The summed E-state index contributed by atoms with van der Waals surface area (Å²) in [5.41, 5.74) is 10.9. The van der Waals surface area contributed by atoms with Crippen LogP contribution in [0.25, 0.3) is 11.1 Å². The van der Waals surface area contributed by atoms with Crippen molar-refractivity contribution in [3.05, 3.63) is 58.7 Å². The van der Waals surface area contributed by atoms with Crippen molar-refractivity contribution in [1.29, 1.82) is 0 Å². The fraction of sp³-hybridized carbons (Fsp3) is 0.385. The van der Waals surface area contributed by atoms with Gasteiger partial charge in [0.2, 0.25) is 17.7 Å². The number of fused-ring (bicyclic) bond motifs is 5. The molecule has 9 nitrogen and oxygen atoms in total. The van der Waals surface area contributed by atoms with E-state index in [9.17, 15) is 19.2 Å². The summed E-state index contributed by atoms with van der Waals surface area (Å²) in [4.78, 5) is 52.3. The Hall–Kier alpha value is -3.72. The fourth-order valence-corrected chi connectivity index (χ4v) is 4.26. The van der Waals surface area contributed by atoms with Crippen LogP contribution in [0.3, 0.4) is 0 Å². The van der Waals surface area contributed by atoms with Crippen LogP contribution in [0.5, 0.6) is 0 Å². The quantitative estimate of drug-likeness (QED) is 0.563. The summed E-state index contributed by atoms with van der Waals surface area (Å²) in [7, 11) is 2.81. The Morgan fingerprint density at radius 1 is 1.09 bits per heavy atom. The molecule has 186 valence electrons. The number of amides is 3. The van der Waals surface area contributed by atoms with Gasteiger partial charge in [0.1, 0.15) is 12.1 Å². The Bertz CT molecular complexity index is 1150. The summed E-state index contributed by atoms with van der Waals surface area (Å²) >= 11 is 0. The molecule has 2 unspecified atom stereocenters. The molecule has 4 bridgehead atoms. The van der Waals surface area contributed by atoms with Gasteiger partial charge >= 0.3 is 5.97 Å². The van der Waals surface area contributed by atoms with Crippen molar-refractivity contribution in [3.8, 4) is 11.1 Å². The van der Waals surface area contributed by atoms with E-state index in [4.69, 9.17) is 10.5 Å².